The van der Waals surface area contributed by atoms with E-state index < -0.39 is 12.0 Å². The van der Waals surface area contributed by atoms with Crippen LogP contribution in [0, 0.1) is 0 Å². The molecule has 2 aromatic heterocycles. The maximum Gasteiger partial charge on any atom is 0.357 e. The van der Waals surface area contributed by atoms with Crippen molar-refractivity contribution in [2.75, 3.05) is 36.8 Å². The van der Waals surface area contributed by atoms with Crippen LogP contribution in [0.25, 0.3) is 16.9 Å². The van der Waals surface area contributed by atoms with Gasteiger partial charge in [-0.2, -0.15) is 0 Å². The van der Waals surface area contributed by atoms with Gasteiger partial charge in [0.1, 0.15) is 16.7 Å². The molecule has 0 unspecified atom stereocenters. The van der Waals surface area contributed by atoms with Crippen molar-refractivity contribution in [1.82, 2.24) is 9.55 Å². The van der Waals surface area contributed by atoms with Crippen LogP contribution in [0.2, 0.25) is 5.15 Å². The molecule has 0 atom stereocenters. The number of urea groups is 1. The fraction of sp³-hybridized carbons (Fsp3) is 0.185. The fourth-order valence-electron chi connectivity index (χ4n) is 3.81. The zero-order chi connectivity index (χ0) is 28.8. The van der Waals surface area contributed by atoms with E-state index in [-0.39, 0.29) is 29.0 Å². The molecule has 0 saturated carbocycles. The van der Waals surface area contributed by atoms with Gasteiger partial charge in [-0.3, -0.25) is 9.36 Å². The molecular weight excluding hydrogens is 558 g/mol. The molecule has 0 spiro atoms. The summed E-state index contributed by atoms with van der Waals surface area (Å²) in [6.45, 7) is 3.22. The van der Waals surface area contributed by atoms with E-state index in [0.717, 1.165) is 5.56 Å². The summed E-state index contributed by atoms with van der Waals surface area (Å²) in [4.78, 5) is 41.7. The molecule has 208 valence electrons. The number of hydrogen-bond donors (Lipinski definition) is 3. The Kier molecular flexibility index (Phi) is 8.92. The third kappa shape index (κ3) is 6.35. The molecule has 13 heteroatoms. The summed E-state index contributed by atoms with van der Waals surface area (Å²) < 4.78 is 17.3. The standard InChI is InChI=1S/C27H26ClN5O6S/c1-5-39-25(35)24-20(31-26(36)30-19-12-18(37-3)10-11-22(19)38-4)13-23(28)33(24)17-8-6-16(7-9-17)21-14-40-27(32-21)29-15(2)34/h6-14H,5H2,1-4H3,(H,29,32,34)(H2,30,31,36). The molecule has 0 aliphatic rings. The second kappa shape index (κ2) is 12.5. The maximum atomic E-state index is 13.0. The fourth-order valence-corrected chi connectivity index (χ4v) is 4.87. The molecule has 11 nitrogen and oxygen atoms in total. The van der Waals surface area contributed by atoms with Crippen LogP contribution >= 0.6 is 22.9 Å². The average molecular weight is 584 g/mol. The quantitative estimate of drug-likeness (QED) is 0.204. The van der Waals surface area contributed by atoms with Crippen molar-refractivity contribution in [3.8, 4) is 28.4 Å². The molecule has 0 bridgehead atoms. The molecule has 4 rings (SSSR count). The summed E-state index contributed by atoms with van der Waals surface area (Å²) >= 11 is 7.87. The Hall–Kier alpha value is -4.55. The van der Waals surface area contributed by atoms with E-state index in [1.165, 1.54) is 43.1 Å². The zero-order valence-electron chi connectivity index (χ0n) is 22.0. The van der Waals surface area contributed by atoms with E-state index in [1.807, 2.05) is 17.5 Å². The summed E-state index contributed by atoms with van der Waals surface area (Å²) in [5, 5.41) is 10.5. The summed E-state index contributed by atoms with van der Waals surface area (Å²) in [6.07, 6.45) is 0. The first-order chi connectivity index (χ1) is 19.2. The first-order valence-electron chi connectivity index (χ1n) is 12.0. The van der Waals surface area contributed by atoms with Crippen LogP contribution < -0.4 is 25.4 Å². The third-order valence-electron chi connectivity index (χ3n) is 5.54. The minimum absolute atomic E-state index is 0.0361. The smallest absolute Gasteiger partial charge is 0.357 e. The molecule has 0 fully saturated rings. The lowest BCUT2D eigenvalue weighted by atomic mass is 10.1. The lowest BCUT2D eigenvalue weighted by Crippen LogP contribution is -2.22. The van der Waals surface area contributed by atoms with E-state index in [9.17, 15) is 14.4 Å². The van der Waals surface area contributed by atoms with Gasteiger partial charge in [0.2, 0.25) is 5.91 Å². The molecule has 2 heterocycles. The van der Waals surface area contributed by atoms with Crippen LogP contribution in [-0.2, 0) is 9.53 Å². The number of nitrogens with zero attached hydrogens (tertiary/aromatic N) is 2. The van der Waals surface area contributed by atoms with Crippen LogP contribution in [0.3, 0.4) is 0 Å². The minimum atomic E-state index is -0.674. The van der Waals surface area contributed by atoms with Crippen molar-refractivity contribution >= 4 is 57.4 Å². The highest BCUT2D eigenvalue weighted by Crippen LogP contribution is 2.33. The predicted octanol–water partition coefficient (Wildman–Crippen LogP) is 6.05. The largest absolute Gasteiger partial charge is 0.497 e. The summed E-state index contributed by atoms with van der Waals surface area (Å²) in [5.41, 5.74) is 2.57. The van der Waals surface area contributed by atoms with Crippen molar-refractivity contribution in [2.45, 2.75) is 13.8 Å². The van der Waals surface area contributed by atoms with Crippen molar-refractivity contribution in [2.24, 2.45) is 0 Å². The van der Waals surface area contributed by atoms with Gasteiger partial charge in [0.25, 0.3) is 0 Å². The lowest BCUT2D eigenvalue weighted by Gasteiger charge is -2.14. The number of carbonyl (C=O) groups excluding carboxylic acids is 3. The number of esters is 1. The second-order valence-electron chi connectivity index (χ2n) is 8.20. The zero-order valence-corrected chi connectivity index (χ0v) is 23.6. The number of nitrogens with one attached hydrogen (secondary N) is 3. The summed E-state index contributed by atoms with van der Waals surface area (Å²) in [5.74, 6) is 0.0596. The van der Waals surface area contributed by atoms with Gasteiger partial charge in [0, 0.05) is 35.7 Å². The van der Waals surface area contributed by atoms with Gasteiger partial charge in [-0.15, -0.1) is 11.3 Å². The Morgan fingerprint density at radius 3 is 2.35 bits per heavy atom. The van der Waals surface area contributed by atoms with Gasteiger partial charge in [0.15, 0.2) is 10.8 Å². The Morgan fingerprint density at radius 2 is 1.70 bits per heavy atom. The van der Waals surface area contributed by atoms with Crippen molar-refractivity contribution in [3.63, 3.8) is 0 Å². The number of amides is 3. The molecule has 4 aromatic rings. The Balaban J connectivity index is 1.64. The molecule has 0 saturated heterocycles. The number of anilines is 3. The van der Waals surface area contributed by atoms with Crippen LogP contribution in [0.15, 0.2) is 53.9 Å². The van der Waals surface area contributed by atoms with Crippen LogP contribution in [0.1, 0.15) is 24.3 Å². The number of hydrogen-bond acceptors (Lipinski definition) is 8. The maximum absolute atomic E-state index is 13.0. The number of rotatable bonds is 9. The molecule has 0 aliphatic heterocycles. The predicted molar refractivity (Wildman–Crippen MR) is 154 cm³/mol. The first-order valence-corrected chi connectivity index (χ1v) is 13.2. The number of thiazole rings is 1. The molecule has 3 N–H and O–H groups in total. The highest BCUT2D eigenvalue weighted by Gasteiger charge is 2.25. The summed E-state index contributed by atoms with van der Waals surface area (Å²) in [7, 11) is 2.99. The minimum Gasteiger partial charge on any atom is -0.497 e. The second-order valence-corrected chi connectivity index (χ2v) is 9.44. The number of ether oxygens (including phenoxy) is 3. The lowest BCUT2D eigenvalue weighted by molar-refractivity contribution is -0.114. The van der Waals surface area contributed by atoms with E-state index in [2.05, 4.69) is 20.9 Å². The van der Waals surface area contributed by atoms with E-state index in [0.29, 0.717) is 33.7 Å². The monoisotopic (exact) mass is 583 g/mol. The van der Waals surface area contributed by atoms with Gasteiger partial charge >= 0.3 is 12.0 Å². The molecular formula is C27H26ClN5O6S. The molecule has 0 radical (unpaired) electrons. The van der Waals surface area contributed by atoms with Crippen molar-refractivity contribution in [1.29, 1.82) is 0 Å². The van der Waals surface area contributed by atoms with Crippen molar-refractivity contribution in [3.05, 3.63) is 64.8 Å². The van der Waals surface area contributed by atoms with Crippen molar-refractivity contribution < 1.29 is 28.6 Å². The van der Waals surface area contributed by atoms with Crippen LogP contribution in [0.4, 0.5) is 21.3 Å². The van der Waals surface area contributed by atoms with E-state index in [4.69, 9.17) is 25.8 Å². The first kappa shape index (κ1) is 28.5. The molecule has 2 aromatic carbocycles. The number of methoxy groups -OCH3 is 2. The number of aromatic nitrogens is 2. The third-order valence-corrected chi connectivity index (χ3v) is 6.57. The normalized spacial score (nSPS) is 10.5. The van der Waals surface area contributed by atoms with Gasteiger partial charge in [-0.25, -0.2) is 14.6 Å². The Bertz CT molecular complexity index is 1550. The van der Waals surface area contributed by atoms with Crippen LogP contribution in [-0.4, -0.2) is 48.3 Å². The van der Waals surface area contributed by atoms with E-state index in [1.54, 1.807) is 37.3 Å². The van der Waals surface area contributed by atoms with Gasteiger partial charge in [-0.1, -0.05) is 23.7 Å². The number of halogens is 1. The highest BCUT2D eigenvalue weighted by atomic mass is 35.5. The molecule has 0 aliphatic carbocycles. The molecule has 3 amide bonds. The highest BCUT2D eigenvalue weighted by molar-refractivity contribution is 7.14. The number of carbonyl (C=O) groups is 3. The van der Waals surface area contributed by atoms with Gasteiger partial charge in [0.05, 0.1) is 37.9 Å². The Morgan fingerprint density at radius 1 is 0.975 bits per heavy atom. The summed E-state index contributed by atoms with van der Waals surface area (Å²) in [6, 6.07) is 12.9. The van der Waals surface area contributed by atoms with Gasteiger partial charge in [-0.05, 0) is 31.2 Å². The Labute approximate surface area is 239 Å². The van der Waals surface area contributed by atoms with Crippen LogP contribution in [0.5, 0.6) is 11.5 Å². The SMILES string of the molecule is CCOC(=O)c1c(NC(=O)Nc2cc(OC)ccc2OC)cc(Cl)n1-c1ccc(-c2csc(NC(C)=O)n2)cc1. The van der Waals surface area contributed by atoms with Gasteiger partial charge < -0.3 is 30.2 Å². The average Bonchev–Trinajstić information content (AvgIpc) is 3.52. The number of benzene rings is 2. The van der Waals surface area contributed by atoms with E-state index >= 15 is 0 Å². The molecule has 40 heavy (non-hydrogen) atoms. The topological polar surface area (TPSA) is 133 Å².